The zero-order valence-electron chi connectivity index (χ0n) is 14.4. The van der Waals surface area contributed by atoms with Gasteiger partial charge >= 0.3 is 0 Å². The van der Waals surface area contributed by atoms with Crippen molar-refractivity contribution in [2.24, 2.45) is 0 Å². The van der Waals surface area contributed by atoms with Gasteiger partial charge in [-0.15, -0.1) is 0 Å². The summed E-state index contributed by atoms with van der Waals surface area (Å²) in [6.07, 6.45) is 5.73. The topological polar surface area (TPSA) is 70.2 Å². The number of aromatic nitrogens is 2. The van der Waals surface area contributed by atoms with Crippen LogP contribution in [0.1, 0.15) is 31.2 Å². The van der Waals surface area contributed by atoms with Gasteiger partial charge in [-0.3, -0.25) is 4.79 Å². The Kier molecular flexibility index (Phi) is 6.20. The van der Waals surface area contributed by atoms with Crippen molar-refractivity contribution in [1.29, 1.82) is 0 Å². The maximum Gasteiger partial charge on any atom is 0.222 e. The normalized spacial score (nSPS) is 14.2. The van der Waals surface area contributed by atoms with Crippen LogP contribution in [0.5, 0.6) is 0 Å². The van der Waals surface area contributed by atoms with Crippen LogP contribution < -0.4 is 15.5 Å². The molecule has 0 unspecified atom stereocenters. The number of piperidine rings is 1. The molecule has 6 nitrogen and oxygen atoms in total. The van der Waals surface area contributed by atoms with Crippen molar-refractivity contribution in [2.75, 3.05) is 29.9 Å². The number of anilines is 2. The number of nitrogens with zero attached hydrogens (tertiary/aromatic N) is 3. The first-order valence-corrected chi connectivity index (χ1v) is 8.93. The molecule has 0 spiro atoms. The highest BCUT2D eigenvalue weighted by Gasteiger charge is 2.12. The Bertz CT molecular complexity index is 671. The first kappa shape index (κ1) is 17.2. The summed E-state index contributed by atoms with van der Waals surface area (Å²) in [6, 6.07) is 11.9. The molecular weight excluding hydrogens is 314 g/mol. The third kappa shape index (κ3) is 5.45. The van der Waals surface area contributed by atoms with E-state index >= 15 is 0 Å². The number of benzene rings is 1. The molecule has 0 aliphatic carbocycles. The molecule has 1 fully saturated rings. The Morgan fingerprint density at radius 3 is 2.68 bits per heavy atom. The maximum absolute atomic E-state index is 11.9. The number of carbonyl (C=O) groups excluding carboxylic acids is 1. The standard InChI is InChI=1S/C19H25N5O/c25-19(21-14-16-7-3-1-4-8-16)9-10-20-17-13-18(23-15-22-17)24-11-5-2-6-12-24/h1,3-4,7-8,13,15H,2,5-6,9-12,14H2,(H,21,25)(H,20,22,23). The molecule has 0 radical (unpaired) electrons. The molecule has 2 heterocycles. The Labute approximate surface area is 148 Å². The van der Waals surface area contributed by atoms with E-state index in [0.29, 0.717) is 19.5 Å². The number of hydrogen-bond donors (Lipinski definition) is 2. The summed E-state index contributed by atoms with van der Waals surface area (Å²) in [4.78, 5) is 22.8. The lowest BCUT2D eigenvalue weighted by Crippen LogP contribution is -2.30. The summed E-state index contributed by atoms with van der Waals surface area (Å²) in [6.45, 7) is 3.22. The van der Waals surface area contributed by atoms with Crippen LogP contribution in [0.25, 0.3) is 0 Å². The molecule has 1 aliphatic rings. The third-order valence-corrected chi connectivity index (χ3v) is 4.32. The average molecular weight is 339 g/mol. The Morgan fingerprint density at radius 2 is 1.88 bits per heavy atom. The minimum absolute atomic E-state index is 0.0293. The van der Waals surface area contributed by atoms with Crippen molar-refractivity contribution in [3.05, 3.63) is 48.3 Å². The fourth-order valence-corrected chi connectivity index (χ4v) is 2.93. The van der Waals surface area contributed by atoms with Gasteiger partial charge in [-0.2, -0.15) is 0 Å². The fourth-order valence-electron chi connectivity index (χ4n) is 2.93. The van der Waals surface area contributed by atoms with Crippen molar-refractivity contribution < 1.29 is 4.79 Å². The van der Waals surface area contributed by atoms with Crippen LogP contribution in [0.4, 0.5) is 11.6 Å². The second-order valence-corrected chi connectivity index (χ2v) is 6.25. The van der Waals surface area contributed by atoms with E-state index in [2.05, 4.69) is 25.5 Å². The van der Waals surface area contributed by atoms with Gasteiger partial charge in [-0.05, 0) is 24.8 Å². The van der Waals surface area contributed by atoms with E-state index in [-0.39, 0.29) is 5.91 Å². The second kappa shape index (κ2) is 9.01. The largest absolute Gasteiger partial charge is 0.369 e. The summed E-state index contributed by atoms with van der Waals surface area (Å²) < 4.78 is 0. The first-order valence-electron chi connectivity index (χ1n) is 8.93. The van der Waals surface area contributed by atoms with Gasteiger partial charge in [0.1, 0.15) is 18.0 Å². The van der Waals surface area contributed by atoms with E-state index < -0.39 is 0 Å². The van der Waals surface area contributed by atoms with E-state index in [4.69, 9.17) is 0 Å². The molecule has 25 heavy (non-hydrogen) atoms. The van der Waals surface area contributed by atoms with Crippen molar-refractivity contribution in [1.82, 2.24) is 15.3 Å². The minimum Gasteiger partial charge on any atom is -0.369 e. The van der Waals surface area contributed by atoms with Crippen LogP contribution in [-0.2, 0) is 11.3 Å². The van der Waals surface area contributed by atoms with Crippen molar-refractivity contribution in [3.8, 4) is 0 Å². The van der Waals surface area contributed by atoms with E-state index in [1.807, 2.05) is 36.4 Å². The summed E-state index contributed by atoms with van der Waals surface area (Å²) in [5.74, 6) is 1.76. The zero-order chi connectivity index (χ0) is 17.3. The lowest BCUT2D eigenvalue weighted by Gasteiger charge is -2.27. The lowest BCUT2D eigenvalue weighted by atomic mass is 10.1. The van der Waals surface area contributed by atoms with E-state index in [1.165, 1.54) is 19.3 Å². The summed E-state index contributed by atoms with van der Waals surface area (Å²) in [7, 11) is 0. The molecule has 6 heteroatoms. The highest BCUT2D eigenvalue weighted by molar-refractivity contribution is 5.76. The van der Waals surface area contributed by atoms with Crippen LogP contribution >= 0.6 is 0 Å². The Balaban J connectivity index is 1.41. The quantitative estimate of drug-likeness (QED) is 0.811. The summed E-state index contributed by atoms with van der Waals surface area (Å²) in [5.41, 5.74) is 1.10. The average Bonchev–Trinajstić information content (AvgIpc) is 2.68. The number of carbonyl (C=O) groups is 1. The molecule has 1 amide bonds. The molecule has 0 bridgehead atoms. The molecule has 2 aromatic rings. The van der Waals surface area contributed by atoms with Gasteiger partial charge in [0.25, 0.3) is 0 Å². The molecule has 1 aliphatic heterocycles. The predicted octanol–water partition coefficient (Wildman–Crippen LogP) is 2.59. The van der Waals surface area contributed by atoms with Crippen molar-refractivity contribution in [2.45, 2.75) is 32.2 Å². The van der Waals surface area contributed by atoms with Crippen LogP contribution in [0, 0.1) is 0 Å². The maximum atomic E-state index is 11.9. The highest BCUT2D eigenvalue weighted by atomic mass is 16.1. The highest BCUT2D eigenvalue weighted by Crippen LogP contribution is 2.18. The monoisotopic (exact) mass is 339 g/mol. The van der Waals surface area contributed by atoms with Crippen LogP contribution in [0.2, 0.25) is 0 Å². The molecule has 3 rings (SSSR count). The number of hydrogen-bond acceptors (Lipinski definition) is 5. The molecule has 1 saturated heterocycles. The zero-order valence-corrected chi connectivity index (χ0v) is 14.4. The fraction of sp³-hybridized carbons (Fsp3) is 0.421. The van der Waals surface area contributed by atoms with Gasteiger partial charge in [-0.25, -0.2) is 9.97 Å². The summed E-state index contributed by atoms with van der Waals surface area (Å²) in [5, 5.41) is 6.14. The van der Waals surface area contributed by atoms with Crippen LogP contribution in [-0.4, -0.2) is 35.5 Å². The number of rotatable bonds is 7. The van der Waals surface area contributed by atoms with E-state index in [9.17, 15) is 4.79 Å². The minimum atomic E-state index is 0.0293. The summed E-state index contributed by atoms with van der Waals surface area (Å²) >= 11 is 0. The number of nitrogens with one attached hydrogen (secondary N) is 2. The number of amides is 1. The van der Waals surface area contributed by atoms with Crippen molar-refractivity contribution >= 4 is 17.5 Å². The smallest absolute Gasteiger partial charge is 0.222 e. The third-order valence-electron chi connectivity index (χ3n) is 4.32. The van der Waals surface area contributed by atoms with E-state index in [0.717, 1.165) is 30.3 Å². The molecule has 0 saturated carbocycles. The lowest BCUT2D eigenvalue weighted by molar-refractivity contribution is -0.121. The molecule has 132 valence electrons. The molecule has 0 atom stereocenters. The molecular formula is C19H25N5O. The van der Waals surface area contributed by atoms with Gasteiger partial charge in [0.05, 0.1) is 0 Å². The first-order chi connectivity index (χ1) is 12.3. The van der Waals surface area contributed by atoms with Crippen LogP contribution in [0.3, 0.4) is 0 Å². The molecule has 2 N–H and O–H groups in total. The van der Waals surface area contributed by atoms with Crippen molar-refractivity contribution in [3.63, 3.8) is 0 Å². The van der Waals surface area contributed by atoms with Gasteiger partial charge in [0, 0.05) is 38.7 Å². The van der Waals surface area contributed by atoms with Crippen LogP contribution in [0.15, 0.2) is 42.7 Å². The molecule has 1 aromatic carbocycles. The second-order valence-electron chi connectivity index (χ2n) is 6.25. The molecule has 1 aromatic heterocycles. The van der Waals surface area contributed by atoms with E-state index in [1.54, 1.807) is 6.33 Å². The predicted molar refractivity (Wildman–Crippen MR) is 99.5 cm³/mol. The van der Waals surface area contributed by atoms with Gasteiger partial charge in [-0.1, -0.05) is 30.3 Å². The Morgan fingerprint density at radius 1 is 1.08 bits per heavy atom. The Hall–Kier alpha value is -2.63. The van der Waals surface area contributed by atoms with Gasteiger partial charge in [0.2, 0.25) is 5.91 Å². The SMILES string of the molecule is O=C(CCNc1cc(N2CCCCC2)ncn1)NCc1ccccc1. The van der Waals surface area contributed by atoms with Gasteiger partial charge in [0.15, 0.2) is 0 Å². The van der Waals surface area contributed by atoms with Gasteiger partial charge < -0.3 is 15.5 Å².